The van der Waals surface area contributed by atoms with E-state index in [9.17, 15) is 0 Å². The van der Waals surface area contributed by atoms with Gasteiger partial charge in [0.1, 0.15) is 5.60 Å². The lowest BCUT2D eigenvalue weighted by atomic mass is 9.77. The average Bonchev–Trinajstić information content (AvgIpc) is 2.37. The molecule has 0 bridgehead atoms. The Balaban J connectivity index is 2.11. The van der Waals surface area contributed by atoms with Crippen LogP contribution in [-0.2, 0) is 4.74 Å². The highest BCUT2D eigenvalue weighted by Gasteiger charge is 2.48. The van der Waals surface area contributed by atoms with Crippen molar-refractivity contribution in [3.8, 4) is 0 Å². The molecule has 1 heterocycles. The molecular formula is C11H16OS2. The normalized spacial score (nSPS) is 41.7. The smallest absolute Gasteiger partial charge is 0.220 e. The largest absolute Gasteiger partial charge is 0.471 e. The summed E-state index contributed by atoms with van der Waals surface area (Å²) in [5, 5.41) is 0.547. The van der Waals surface area contributed by atoms with Gasteiger partial charge in [0.25, 0.3) is 0 Å². The van der Waals surface area contributed by atoms with E-state index in [-0.39, 0.29) is 5.60 Å². The second kappa shape index (κ2) is 3.53. The molecule has 3 atom stereocenters. The van der Waals surface area contributed by atoms with Crippen LogP contribution in [0.1, 0.15) is 33.1 Å². The Morgan fingerprint density at radius 2 is 2.43 bits per heavy atom. The molecule has 3 heteroatoms. The van der Waals surface area contributed by atoms with E-state index in [0.717, 1.165) is 10.8 Å². The fourth-order valence-electron chi connectivity index (χ4n) is 2.32. The summed E-state index contributed by atoms with van der Waals surface area (Å²) in [6.07, 6.45) is 3.49. The quantitative estimate of drug-likeness (QED) is 0.502. The fourth-order valence-corrected chi connectivity index (χ4v) is 4.07. The van der Waals surface area contributed by atoms with E-state index in [2.05, 4.69) is 20.4 Å². The van der Waals surface area contributed by atoms with Crippen LogP contribution in [-0.4, -0.2) is 15.2 Å². The first-order chi connectivity index (χ1) is 6.51. The van der Waals surface area contributed by atoms with Crippen molar-refractivity contribution in [3.05, 3.63) is 12.2 Å². The first-order valence-corrected chi connectivity index (χ1v) is 6.35. The topological polar surface area (TPSA) is 9.23 Å². The van der Waals surface area contributed by atoms with Crippen LogP contribution in [0.5, 0.6) is 0 Å². The minimum atomic E-state index is 0.00764. The van der Waals surface area contributed by atoms with Crippen molar-refractivity contribution in [2.75, 3.05) is 0 Å². The van der Waals surface area contributed by atoms with Gasteiger partial charge >= 0.3 is 0 Å². The van der Waals surface area contributed by atoms with Gasteiger partial charge in [-0.2, -0.15) is 0 Å². The van der Waals surface area contributed by atoms with Gasteiger partial charge in [0, 0.05) is 0 Å². The molecule has 14 heavy (non-hydrogen) atoms. The van der Waals surface area contributed by atoms with Crippen molar-refractivity contribution in [3.63, 3.8) is 0 Å². The molecule has 0 aromatic heterocycles. The molecule has 0 N–H and O–H groups in total. The molecular weight excluding hydrogens is 212 g/mol. The van der Waals surface area contributed by atoms with Crippen molar-refractivity contribution in [2.24, 2.45) is 5.92 Å². The Kier molecular flexibility index (Phi) is 2.64. The molecule has 1 saturated heterocycles. The van der Waals surface area contributed by atoms with Crippen LogP contribution in [0, 0.1) is 5.92 Å². The van der Waals surface area contributed by atoms with Crippen molar-refractivity contribution in [2.45, 2.75) is 44.0 Å². The third-order valence-electron chi connectivity index (χ3n) is 3.42. The van der Waals surface area contributed by atoms with Gasteiger partial charge < -0.3 is 4.74 Å². The molecule has 0 amide bonds. The van der Waals surface area contributed by atoms with E-state index >= 15 is 0 Å². The van der Waals surface area contributed by atoms with Crippen LogP contribution >= 0.6 is 24.0 Å². The van der Waals surface area contributed by atoms with Crippen molar-refractivity contribution in [1.29, 1.82) is 0 Å². The SMILES string of the molecule is C=C(C)[C@@H]1CC[C@]2(C)OC(=S)S[C@H]2C1. The zero-order valence-corrected chi connectivity index (χ0v) is 10.3. The second-order valence-corrected chi connectivity index (χ2v) is 6.39. The molecule has 1 nitrogen and oxygen atoms in total. The Morgan fingerprint density at radius 3 is 3.07 bits per heavy atom. The number of ether oxygens (including phenoxy) is 1. The first-order valence-electron chi connectivity index (χ1n) is 5.06. The first kappa shape index (κ1) is 10.5. The maximum absolute atomic E-state index is 5.75. The lowest BCUT2D eigenvalue weighted by Gasteiger charge is -2.37. The number of thioether (sulfide) groups is 1. The molecule has 0 unspecified atom stereocenters. The number of hydrogen-bond acceptors (Lipinski definition) is 3. The number of rotatable bonds is 1. The Labute approximate surface area is 95.3 Å². The van der Waals surface area contributed by atoms with Crippen molar-refractivity contribution < 1.29 is 4.74 Å². The summed E-state index contributed by atoms with van der Waals surface area (Å²) >= 11 is 6.87. The molecule has 1 aliphatic heterocycles. The van der Waals surface area contributed by atoms with Crippen LogP contribution in [0.2, 0.25) is 0 Å². The number of hydrogen-bond donors (Lipinski definition) is 0. The molecule has 0 spiro atoms. The summed E-state index contributed by atoms with van der Waals surface area (Å²) in [5.41, 5.74) is 1.32. The maximum Gasteiger partial charge on any atom is 0.220 e. The van der Waals surface area contributed by atoms with Gasteiger partial charge in [0.15, 0.2) is 0 Å². The molecule has 2 fully saturated rings. The highest BCUT2D eigenvalue weighted by molar-refractivity contribution is 8.23. The average molecular weight is 228 g/mol. The van der Waals surface area contributed by atoms with Gasteiger partial charge in [-0.1, -0.05) is 23.9 Å². The molecule has 0 radical (unpaired) electrons. The molecule has 2 rings (SSSR count). The molecule has 2 aliphatic rings. The van der Waals surface area contributed by atoms with Crippen LogP contribution < -0.4 is 0 Å². The number of thiocarbonyl (C=S) groups is 1. The monoisotopic (exact) mass is 228 g/mol. The molecule has 0 aromatic carbocycles. The van der Waals surface area contributed by atoms with E-state index in [1.54, 1.807) is 11.8 Å². The van der Waals surface area contributed by atoms with Gasteiger partial charge in [-0.05, 0) is 51.2 Å². The third-order valence-corrected chi connectivity index (χ3v) is 5.04. The van der Waals surface area contributed by atoms with Gasteiger partial charge in [-0.15, -0.1) is 0 Å². The summed E-state index contributed by atoms with van der Waals surface area (Å²) in [4.78, 5) is 0. The number of allylic oxidation sites excluding steroid dienone is 1. The van der Waals surface area contributed by atoms with Gasteiger partial charge in [-0.25, -0.2) is 0 Å². The van der Waals surface area contributed by atoms with E-state index in [1.807, 2.05) is 0 Å². The predicted molar refractivity (Wildman–Crippen MR) is 65.6 cm³/mol. The molecule has 0 aromatic rings. The summed E-state index contributed by atoms with van der Waals surface area (Å²) in [5.74, 6) is 0.671. The van der Waals surface area contributed by atoms with Gasteiger partial charge in [-0.3, -0.25) is 0 Å². The van der Waals surface area contributed by atoms with Crippen LogP contribution in [0.15, 0.2) is 12.2 Å². The lowest BCUT2D eigenvalue weighted by Crippen LogP contribution is -2.40. The highest BCUT2D eigenvalue weighted by Crippen LogP contribution is 2.48. The van der Waals surface area contributed by atoms with E-state index in [0.29, 0.717) is 11.2 Å². The molecule has 1 aliphatic carbocycles. The second-order valence-electron chi connectivity index (χ2n) is 4.59. The minimum Gasteiger partial charge on any atom is -0.471 e. The van der Waals surface area contributed by atoms with Crippen LogP contribution in [0.3, 0.4) is 0 Å². The van der Waals surface area contributed by atoms with E-state index < -0.39 is 0 Å². The highest BCUT2D eigenvalue weighted by atomic mass is 32.2. The summed E-state index contributed by atoms with van der Waals surface area (Å²) in [6, 6.07) is 0. The maximum atomic E-state index is 5.75. The summed E-state index contributed by atoms with van der Waals surface area (Å²) < 4.78 is 6.48. The van der Waals surface area contributed by atoms with Crippen molar-refractivity contribution in [1.82, 2.24) is 0 Å². The van der Waals surface area contributed by atoms with Gasteiger partial charge in [0.05, 0.1) is 5.25 Å². The van der Waals surface area contributed by atoms with Crippen LogP contribution in [0.4, 0.5) is 0 Å². The van der Waals surface area contributed by atoms with Gasteiger partial charge in [0.2, 0.25) is 4.38 Å². The molecule has 1 saturated carbocycles. The minimum absolute atomic E-state index is 0.00764. The van der Waals surface area contributed by atoms with Crippen molar-refractivity contribution >= 4 is 28.4 Å². The Morgan fingerprint density at radius 1 is 1.71 bits per heavy atom. The third kappa shape index (κ3) is 1.72. The summed E-state index contributed by atoms with van der Waals surface area (Å²) in [6.45, 7) is 8.38. The fraction of sp³-hybridized carbons (Fsp3) is 0.727. The predicted octanol–water partition coefficient (Wildman–Crippen LogP) is 3.54. The zero-order chi connectivity index (χ0) is 10.3. The Bertz CT molecular complexity index is 287. The number of fused-ring (bicyclic) bond motifs is 1. The summed E-state index contributed by atoms with van der Waals surface area (Å²) in [7, 11) is 0. The Hall–Kier alpha value is -0.0200. The van der Waals surface area contributed by atoms with E-state index in [4.69, 9.17) is 17.0 Å². The lowest BCUT2D eigenvalue weighted by molar-refractivity contribution is 0.0504. The standard InChI is InChI=1S/C11H16OS2/c1-7(2)8-4-5-11(3)9(6-8)14-10(13)12-11/h8-9H,1,4-6H2,2-3H3/t8-,9+,11+/m1/s1. The van der Waals surface area contributed by atoms with E-state index in [1.165, 1.54) is 18.4 Å². The molecule has 78 valence electrons. The van der Waals surface area contributed by atoms with Crippen LogP contribution in [0.25, 0.3) is 0 Å². The zero-order valence-electron chi connectivity index (χ0n) is 8.71.